The highest BCUT2D eigenvalue weighted by molar-refractivity contribution is 7.09. The summed E-state index contributed by atoms with van der Waals surface area (Å²) in [7, 11) is 2.10. The molecule has 1 aromatic rings. The smallest absolute Gasteiger partial charge is 0.193 e. The largest absolute Gasteiger partial charge is 0.381 e. The third-order valence-electron chi connectivity index (χ3n) is 3.13. The molecule has 126 valence electrons. The third-order valence-corrected chi connectivity index (χ3v) is 4.07. The number of aliphatic imine (C=N–C) groups is 1. The summed E-state index contributed by atoms with van der Waals surface area (Å²) in [6.07, 6.45) is 2.04. The summed E-state index contributed by atoms with van der Waals surface area (Å²) in [5.41, 5.74) is 0. The van der Waals surface area contributed by atoms with E-state index in [0.29, 0.717) is 5.92 Å². The van der Waals surface area contributed by atoms with Gasteiger partial charge < -0.3 is 15.0 Å². The number of hydrogen-bond acceptors (Lipinski definition) is 3. The molecule has 0 amide bonds. The van der Waals surface area contributed by atoms with Crippen LogP contribution in [0.3, 0.4) is 0 Å². The van der Waals surface area contributed by atoms with Gasteiger partial charge in [0.15, 0.2) is 5.96 Å². The topological polar surface area (TPSA) is 36.9 Å². The zero-order valence-electron chi connectivity index (χ0n) is 14.5. The Morgan fingerprint density at radius 2 is 2.27 bits per heavy atom. The Kier molecular flexibility index (Phi) is 9.91. The van der Waals surface area contributed by atoms with Crippen molar-refractivity contribution in [3.8, 4) is 0 Å². The Bertz CT molecular complexity index is 404. The van der Waals surface area contributed by atoms with Crippen LogP contribution in [0.4, 0.5) is 0 Å². The molecule has 0 aliphatic carbocycles. The second-order valence-corrected chi connectivity index (χ2v) is 6.84. The number of rotatable bonds is 10. The minimum Gasteiger partial charge on any atom is -0.381 e. The molecule has 0 aliphatic rings. The molecule has 0 radical (unpaired) electrons. The maximum Gasteiger partial charge on any atom is 0.193 e. The van der Waals surface area contributed by atoms with Crippen molar-refractivity contribution < 1.29 is 4.74 Å². The number of thiophene rings is 1. The number of nitrogens with one attached hydrogen (secondary N) is 1. The Labute approximate surface area is 139 Å². The third kappa shape index (κ3) is 8.39. The van der Waals surface area contributed by atoms with E-state index < -0.39 is 0 Å². The predicted octanol–water partition coefficient (Wildman–Crippen LogP) is 3.25. The van der Waals surface area contributed by atoms with Crippen LogP contribution >= 0.6 is 11.3 Å². The van der Waals surface area contributed by atoms with Crippen LogP contribution in [0.15, 0.2) is 22.5 Å². The first kappa shape index (κ1) is 19.0. The van der Waals surface area contributed by atoms with Gasteiger partial charge in [0.05, 0.1) is 0 Å². The second-order valence-electron chi connectivity index (χ2n) is 5.81. The first-order chi connectivity index (χ1) is 10.6. The van der Waals surface area contributed by atoms with Gasteiger partial charge in [-0.1, -0.05) is 19.9 Å². The Balaban J connectivity index is 2.30. The highest BCUT2D eigenvalue weighted by atomic mass is 32.1. The number of likely N-dealkylation sites (N-methyl/N-ethyl adjacent to an activating group) is 1. The van der Waals surface area contributed by atoms with Gasteiger partial charge in [0.2, 0.25) is 0 Å². The molecule has 0 aromatic carbocycles. The number of hydrogen-bond donors (Lipinski definition) is 1. The molecule has 1 N–H and O–H groups in total. The fourth-order valence-electron chi connectivity index (χ4n) is 1.98. The normalized spacial score (nSPS) is 12.0. The highest BCUT2D eigenvalue weighted by Gasteiger charge is 2.05. The first-order valence-corrected chi connectivity index (χ1v) is 9.11. The van der Waals surface area contributed by atoms with Gasteiger partial charge in [-0.25, -0.2) is 0 Å². The van der Waals surface area contributed by atoms with Gasteiger partial charge in [-0.3, -0.25) is 4.99 Å². The van der Waals surface area contributed by atoms with E-state index in [4.69, 9.17) is 4.74 Å². The van der Waals surface area contributed by atoms with E-state index in [2.05, 4.69) is 60.5 Å². The zero-order valence-corrected chi connectivity index (χ0v) is 15.3. The molecular weight excluding hydrogens is 294 g/mol. The monoisotopic (exact) mass is 325 g/mol. The maximum absolute atomic E-state index is 5.59. The van der Waals surface area contributed by atoms with Crippen molar-refractivity contribution >= 4 is 17.3 Å². The molecule has 1 heterocycles. The second kappa shape index (κ2) is 11.5. The van der Waals surface area contributed by atoms with Crippen molar-refractivity contribution in [3.05, 3.63) is 22.4 Å². The van der Waals surface area contributed by atoms with E-state index in [1.165, 1.54) is 4.88 Å². The SMILES string of the molecule is CCNC(=NCCCOCC(C)C)N(C)CCc1cccs1. The van der Waals surface area contributed by atoms with E-state index in [-0.39, 0.29) is 0 Å². The predicted molar refractivity (Wildman–Crippen MR) is 96.9 cm³/mol. The fraction of sp³-hybridized carbons (Fsp3) is 0.706. The van der Waals surface area contributed by atoms with Crippen LogP contribution in [0.1, 0.15) is 32.1 Å². The average Bonchev–Trinajstić information content (AvgIpc) is 3.00. The van der Waals surface area contributed by atoms with Gasteiger partial charge in [0.1, 0.15) is 0 Å². The van der Waals surface area contributed by atoms with E-state index in [1.54, 1.807) is 0 Å². The van der Waals surface area contributed by atoms with Gasteiger partial charge in [0.25, 0.3) is 0 Å². The van der Waals surface area contributed by atoms with E-state index >= 15 is 0 Å². The molecule has 0 aliphatic heterocycles. The molecule has 0 saturated carbocycles. The van der Waals surface area contributed by atoms with Crippen LogP contribution in [0.25, 0.3) is 0 Å². The van der Waals surface area contributed by atoms with Crippen molar-refractivity contribution in [1.29, 1.82) is 0 Å². The average molecular weight is 326 g/mol. The van der Waals surface area contributed by atoms with Crippen molar-refractivity contribution in [2.75, 3.05) is 39.9 Å². The molecule has 1 aromatic heterocycles. The zero-order chi connectivity index (χ0) is 16.2. The molecule has 5 heteroatoms. The highest BCUT2D eigenvalue weighted by Crippen LogP contribution is 2.09. The van der Waals surface area contributed by atoms with Crippen molar-refractivity contribution in [2.24, 2.45) is 10.9 Å². The lowest BCUT2D eigenvalue weighted by atomic mass is 10.2. The number of guanidine groups is 1. The fourth-order valence-corrected chi connectivity index (χ4v) is 2.68. The minimum absolute atomic E-state index is 0.601. The van der Waals surface area contributed by atoms with Crippen LogP contribution < -0.4 is 5.32 Å². The van der Waals surface area contributed by atoms with E-state index in [0.717, 1.165) is 51.6 Å². The van der Waals surface area contributed by atoms with E-state index in [1.807, 2.05) is 11.3 Å². The van der Waals surface area contributed by atoms with E-state index in [9.17, 15) is 0 Å². The summed E-state index contributed by atoms with van der Waals surface area (Å²) in [5, 5.41) is 5.49. The summed E-state index contributed by atoms with van der Waals surface area (Å²) in [4.78, 5) is 8.31. The lowest BCUT2D eigenvalue weighted by molar-refractivity contribution is 0.109. The molecule has 0 saturated heterocycles. The lowest BCUT2D eigenvalue weighted by Crippen LogP contribution is -2.40. The maximum atomic E-state index is 5.59. The Hall–Kier alpha value is -1.07. The first-order valence-electron chi connectivity index (χ1n) is 8.23. The summed E-state index contributed by atoms with van der Waals surface area (Å²) in [6.45, 7) is 10.8. The minimum atomic E-state index is 0.601. The van der Waals surface area contributed by atoms with Crippen molar-refractivity contribution in [1.82, 2.24) is 10.2 Å². The summed E-state index contributed by atoms with van der Waals surface area (Å²) in [6, 6.07) is 4.30. The van der Waals surface area contributed by atoms with Gasteiger partial charge in [-0.2, -0.15) is 0 Å². The van der Waals surface area contributed by atoms with Gasteiger partial charge in [-0.15, -0.1) is 11.3 Å². The Morgan fingerprint density at radius 1 is 1.45 bits per heavy atom. The molecular formula is C17H31N3OS. The van der Waals surface area contributed by atoms with Crippen LogP contribution in [0, 0.1) is 5.92 Å². The van der Waals surface area contributed by atoms with Gasteiger partial charge in [0, 0.05) is 44.8 Å². The summed E-state index contributed by atoms with van der Waals surface area (Å²) < 4.78 is 5.59. The van der Waals surface area contributed by atoms with Crippen LogP contribution in [0.2, 0.25) is 0 Å². The quantitative estimate of drug-likeness (QED) is 0.407. The number of ether oxygens (including phenoxy) is 1. The van der Waals surface area contributed by atoms with Crippen molar-refractivity contribution in [2.45, 2.75) is 33.6 Å². The van der Waals surface area contributed by atoms with Gasteiger partial charge >= 0.3 is 0 Å². The molecule has 0 fully saturated rings. The summed E-state index contributed by atoms with van der Waals surface area (Å²) >= 11 is 1.82. The lowest BCUT2D eigenvalue weighted by Gasteiger charge is -2.21. The molecule has 4 nitrogen and oxygen atoms in total. The molecule has 0 spiro atoms. The van der Waals surface area contributed by atoms with Crippen LogP contribution in [-0.2, 0) is 11.2 Å². The summed E-state index contributed by atoms with van der Waals surface area (Å²) in [5.74, 6) is 1.59. The Morgan fingerprint density at radius 3 is 2.91 bits per heavy atom. The van der Waals surface area contributed by atoms with Crippen LogP contribution in [0.5, 0.6) is 0 Å². The molecule has 0 unspecified atom stereocenters. The van der Waals surface area contributed by atoms with Crippen molar-refractivity contribution in [3.63, 3.8) is 0 Å². The van der Waals surface area contributed by atoms with Crippen LogP contribution in [-0.4, -0.2) is 50.8 Å². The molecule has 1 rings (SSSR count). The molecule has 22 heavy (non-hydrogen) atoms. The molecule has 0 atom stereocenters. The standard InChI is InChI=1S/C17H31N3OS/c1-5-18-17(19-10-7-12-21-14-15(2)3)20(4)11-9-16-8-6-13-22-16/h6,8,13,15H,5,7,9-12,14H2,1-4H3,(H,18,19). The van der Waals surface area contributed by atoms with Gasteiger partial charge in [-0.05, 0) is 37.1 Å². The number of nitrogens with zero attached hydrogens (tertiary/aromatic N) is 2. The molecule has 0 bridgehead atoms.